The van der Waals surface area contributed by atoms with Gasteiger partial charge >= 0.3 is 0 Å². The number of benzene rings is 2. The van der Waals surface area contributed by atoms with E-state index in [2.05, 4.69) is 4.72 Å². The smallest absolute Gasteiger partial charge is 0.245 e. The summed E-state index contributed by atoms with van der Waals surface area (Å²) in [7, 11) is -3.89. The van der Waals surface area contributed by atoms with Crippen LogP contribution < -0.4 is 4.72 Å². The Kier molecular flexibility index (Phi) is 6.23. The molecule has 31 heavy (non-hydrogen) atoms. The molecule has 1 unspecified atom stereocenters. The Hall–Kier alpha value is -2.16. The second-order valence-electron chi connectivity index (χ2n) is 8.18. The maximum Gasteiger partial charge on any atom is 0.245 e. The van der Waals surface area contributed by atoms with Gasteiger partial charge in [-0.3, -0.25) is 9.59 Å². The number of carbonyl (C=O) groups is 2. The highest BCUT2D eigenvalue weighted by atomic mass is 35.5. The minimum Gasteiger partial charge on any atom is -0.341 e. The highest BCUT2D eigenvalue weighted by Crippen LogP contribution is 2.23. The fourth-order valence-corrected chi connectivity index (χ4v) is 5.73. The average Bonchev–Trinajstić information content (AvgIpc) is 3.42. The Labute approximate surface area is 187 Å². The van der Waals surface area contributed by atoms with Gasteiger partial charge in [0.05, 0.1) is 4.90 Å². The Balaban J connectivity index is 1.47. The first kappa shape index (κ1) is 22.0. The van der Waals surface area contributed by atoms with Crippen LogP contribution >= 0.6 is 11.6 Å². The normalized spacial score (nSPS) is 20.6. The maximum atomic E-state index is 12.9. The lowest BCUT2D eigenvalue weighted by molar-refractivity contribution is -0.142. The van der Waals surface area contributed by atoms with Gasteiger partial charge < -0.3 is 9.80 Å². The van der Waals surface area contributed by atoms with E-state index >= 15 is 0 Å². The molecule has 2 aliphatic rings. The van der Waals surface area contributed by atoms with Gasteiger partial charge in [-0.15, -0.1) is 11.6 Å². The number of sulfonamides is 1. The highest BCUT2D eigenvalue weighted by Gasteiger charge is 2.40. The maximum absolute atomic E-state index is 12.9. The quantitative estimate of drug-likeness (QED) is 0.667. The molecule has 0 spiro atoms. The van der Waals surface area contributed by atoms with E-state index < -0.39 is 22.1 Å². The molecule has 1 N–H and O–H groups in total. The molecule has 2 heterocycles. The van der Waals surface area contributed by atoms with Crippen LogP contribution in [0.3, 0.4) is 0 Å². The predicted octanol–water partition coefficient (Wildman–Crippen LogP) is 2.47. The summed E-state index contributed by atoms with van der Waals surface area (Å²) >= 11 is 5.86. The standard InChI is InChI=1S/C22H26ClN3O4S/c1-15(21(27)25-9-2-3-10-25)26-11-8-20(22(26)28)24-31(29,30)19-7-6-17-12-16(14-23)4-5-18(17)13-19/h4-7,12-13,15,20,24H,2-3,8-11,14H2,1H3/t15-,20?/m0/s1. The molecular formula is C22H26ClN3O4S. The van der Waals surface area contributed by atoms with Crippen LogP contribution in [-0.4, -0.2) is 61.7 Å². The number of carbonyl (C=O) groups excluding carboxylic acids is 2. The summed E-state index contributed by atoms with van der Waals surface area (Å²) in [5.74, 6) is -0.0346. The number of nitrogens with zero attached hydrogens (tertiary/aromatic N) is 2. The fourth-order valence-electron chi connectivity index (χ4n) is 4.31. The topological polar surface area (TPSA) is 86.8 Å². The molecule has 2 aromatic carbocycles. The zero-order valence-electron chi connectivity index (χ0n) is 17.4. The third-order valence-electron chi connectivity index (χ3n) is 6.12. The Bertz CT molecular complexity index is 1110. The summed E-state index contributed by atoms with van der Waals surface area (Å²) in [6.07, 6.45) is 2.30. The summed E-state index contributed by atoms with van der Waals surface area (Å²) in [5.41, 5.74) is 0.956. The minimum absolute atomic E-state index is 0.0693. The summed E-state index contributed by atoms with van der Waals surface area (Å²) < 4.78 is 28.4. The van der Waals surface area contributed by atoms with E-state index in [9.17, 15) is 18.0 Å². The van der Waals surface area contributed by atoms with Gasteiger partial charge in [0.1, 0.15) is 12.1 Å². The van der Waals surface area contributed by atoms with Crippen LogP contribution in [0.1, 0.15) is 31.7 Å². The first-order chi connectivity index (χ1) is 14.8. The molecule has 0 saturated carbocycles. The van der Waals surface area contributed by atoms with Crippen LogP contribution in [0.2, 0.25) is 0 Å². The number of likely N-dealkylation sites (tertiary alicyclic amines) is 2. The van der Waals surface area contributed by atoms with Crippen molar-refractivity contribution in [2.24, 2.45) is 0 Å². The lowest BCUT2D eigenvalue weighted by Gasteiger charge is -2.28. The molecule has 0 aromatic heterocycles. The summed E-state index contributed by atoms with van der Waals surface area (Å²) in [4.78, 5) is 28.9. The van der Waals surface area contributed by atoms with E-state index in [0.29, 0.717) is 18.8 Å². The van der Waals surface area contributed by atoms with Gasteiger partial charge in [0.25, 0.3) is 0 Å². The minimum atomic E-state index is -3.89. The molecule has 2 amide bonds. The average molecular weight is 464 g/mol. The molecule has 2 aliphatic heterocycles. The van der Waals surface area contributed by atoms with Gasteiger partial charge in [0.2, 0.25) is 21.8 Å². The molecule has 2 fully saturated rings. The van der Waals surface area contributed by atoms with Gasteiger partial charge in [0.15, 0.2) is 0 Å². The van der Waals surface area contributed by atoms with Crippen molar-refractivity contribution in [2.75, 3.05) is 19.6 Å². The third kappa shape index (κ3) is 4.42. The van der Waals surface area contributed by atoms with E-state index in [4.69, 9.17) is 11.6 Å². The largest absolute Gasteiger partial charge is 0.341 e. The lowest BCUT2D eigenvalue weighted by atomic mass is 10.1. The second kappa shape index (κ2) is 8.76. The van der Waals surface area contributed by atoms with Gasteiger partial charge in [0, 0.05) is 25.5 Å². The summed E-state index contributed by atoms with van der Waals surface area (Å²) in [6, 6.07) is 9.01. The van der Waals surface area contributed by atoms with E-state index in [1.54, 1.807) is 24.0 Å². The van der Waals surface area contributed by atoms with E-state index in [0.717, 1.165) is 42.3 Å². The van der Waals surface area contributed by atoms with Crippen molar-refractivity contribution >= 4 is 44.2 Å². The van der Waals surface area contributed by atoms with E-state index in [1.165, 1.54) is 11.0 Å². The van der Waals surface area contributed by atoms with Gasteiger partial charge in [-0.1, -0.05) is 18.2 Å². The first-order valence-corrected chi connectivity index (χ1v) is 12.5. The molecule has 7 nitrogen and oxygen atoms in total. The van der Waals surface area contributed by atoms with Gasteiger partial charge in [-0.25, -0.2) is 8.42 Å². The Morgan fingerprint density at radius 3 is 2.52 bits per heavy atom. The molecule has 166 valence electrons. The first-order valence-electron chi connectivity index (χ1n) is 10.5. The Morgan fingerprint density at radius 2 is 1.81 bits per heavy atom. The van der Waals surface area contributed by atoms with Crippen LogP contribution in [0.5, 0.6) is 0 Å². The zero-order chi connectivity index (χ0) is 22.2. The van der Waals surface area contributed by atoms with Gasteiger partial charge in [-0.05, 0) is 60.7 Å². The number of rotatable bonds is 6. The molecular weight excluding hydrogens is 438 g/mol. The van der Waals surface area contributed by atoms with E-state index in [-0.39, 0.29) is 16.7 Å². The van der Waals surface area contributed by atoms with Crippen molar-refractivity contribution in [2.45, 2.75) is 49.0 Å². The van der Waals surface area contributed by atoms with Crippen LogP contribution in [0.4, 0.5) is 0 Å². The molecule has 0 radical (unpaired) electrons. The van der Waals surface area contributed by atoms with Crippen LogP contribution in [-0.2, 0) is 25.5 Å². The number of nitrogens with one attached hydrogen (secondary N) is 1. The number of fused-ring (bicyclic) bond motifs is 1. The molecule has 2 atom stereocenters. The molecule has 0 aliphatic carbocycles. The van der Waals surface area contributed by atoms with Crippen molar-refractivity contribution < 1.29 is 18.0 Å². The number of hydrogen-bond acceptors (Lipinski definition) is 4. The number of amides is 2. The van der Waals surface area contributed by atoms with Crippen molar-refractivity contribution in [3.05, 3.63) is 42.0 Å². The number of hydrogen-bond donors (Lipinski definition) is 1. The molecule has 2 aromatic rings. The zero-order valence-corrected chi connectivity index (χ0v) is 19.0. The fraction of sp³-hybridized carbons (Fsp3) is 0.455. The molecule has 0 bridgehead atoms. The van der Waals surface area contributed by atoms with Crippen LogP contribution in [0, 0.1) is 0 Å². The molecule has 2 saturated heterocycles. The molecule has 4 rings (SSSR count). The number of alkyl halides is 1. The predicted molar refractivity (Wildman–Crippen MR) is 119 cm³/mol. The second-order valence-corrected chi connectivity index (χ2v) is 10.2. The number of halogens is 1. The lowest BCUT2D eigenvalue weighted by Crippen LogP contribution is -2.49. The third-order valence-corrected chi connectivity index (χ3v) is 7.90. The van der Waals surface area contributed by atoms with Crippen LogP contribution in [0.25, 0.3) is 10.8 Å². The highest BCUT2D eigenvalue weighted by molar-refractivity contribution is 7.89. The SMILES string of the molecule is C[C@@H](C(=O)N1CCCC1)N1CCC(NS(=O)(=O)c2ccc3cc(CCl)ccc3c2)C1=O. The molecule has 9 heteroatoms. The summed E-state index contributed by atoms with van der Waals surface area (Å²) in [6.45, 7) is 3.50. The van der Waals surface area contributed by atoms with Crippen molar-refractivity contribution in [1.29, 1.82) is 0 Å². The van der Waals surface area contributed by atoms with Crippen LogP contribution in [0.15, 0.2) is 41.3 Å². The van der Waals surface area contributed by atoms with Gasteiger partial charge in [-0.2, -0.15) is 4.72 Å². The Morgan fingerprint density at radius 1 is 1.13 bits per heavy atom. The summed E-state index contributed by atoms with van der Waals surface area (Å²) in [5, 5.41) is 1.68. The monoisotopic (exact) mass is 463 g/mol. The van der Waals surface area contributed by atoms with E-state index in [1.807, 2.05) is 18.2 Å². The van der Waals surface area contributed by atoms with Crippen molar-refractivity contribution in [3.8, 4) is 0 Å². The van der Waals surface area contributed by atoms with Crippen molar-refractivity contribution in [3.63, 3.8) is 0 Å². The van der Waals surface area contributed by atoms with Crippen molar-refractivity contribution in [1.82, 2.24) is 14.5 Å².